The zero-order valence-electron chi connectivity index (χ0n) is 10.7. The monoisotopic (exact) mass is 255 g/mol. The van der Waals surface area contributed by atoms with Crippen LogP contribution in [-0.2, 0) is 6.54 Å². The first-order chi connectivity index (χ1) is 8.69. The molecule has 1 amide bonds. The van der Waals surface area contributed by atoms with Gasteiger partial charge in [0, 0.05) is 26.7 Å². The molecule has 0 radical (unpaired) electrons. The van der Waals surface area contributed by atoms with Gasteiger partial charge in [0.25, 0.3) is 5.91 Å². The molecule has 1 heterocycles. The van der Waals surface area contributed by atoms with Gasteiger partial charge >= 0.3 is 0 Å². The van der Waals surface area contributed by atoms with Crippen LogP contribution in [0.3, 0.4) is 0 Å². The third kappa shape index (κ3) is 4.42. The maximum absolute atomic E-state index is 12.0. The van der Waals surface area contributed by atoms with Crippen LogP contribution in [-0.4, -0.2) is 57.7 Å². The Bertz CT molecular complexity index is 366. The highest BCUT2D eigenvalue weighted by Gasteiger charge is 2.15. The summed E-state index contributed by atoms with van der Waals surface area (Å²) in [7, 11) is 1.74. The number of amides is 1. The number of aliphatic hydroxyl groups excluding tert-OH is 1. The summed E-state index contributed by atoms with van der Waals surface area (Å²) in [5, 5.41) is 16.3. The lowest BCUT2D eigenvalue weighted by molar-refractivity contribution is 0.0786. The standard InChI is InChI=1S/C11H21N5O2/c1-15(6-3-2-4-8-17)11(18)10-9-16(7-5-12)14-13-10/h9,17H,2-8,12H2,1H3. The van der Waals surface area contributed by atoms with Crippen LogP contribution in [0.1, 0.15) is 29.8 Å². The predicted molar refractivity (Wildman–Crippen MR) is 67.0 cm³/mol. The van der Waals surface area contributed by atoms with Crippen molar-refractivity contribution in [3.8, 4) is 0 Å². The maximum atomic E-state index is 12.0. The quantitative estimate of drug-likeness (QED) is 0.609. The second-order valence-electron chi connectivity index (χ2n) is 4.17. The van der Waals surface area contributed by atoms with Crippen molar-refractivity contribution < 1.29 is 9.90 Å². The van der Waals surface area contributed by atoms with Gasteiger partial charge in [0.2, 0.25) is 0 Å². The molecule has 1 rings (SSSR count). The average molecular weight is 255 g/mol. The second kappa shape index (κ2) is 7.78. The van der Waals surface area contributed by atoms with Gasteiger partial charge in [0.05, 0.1) is 12.7 Å². The first-order valence-corrected chi connectivity index (χ1v) is 6.15. The van der Waals surface area contributed by atoms with E-state index in [1.54, 1.807) is 22.8 Å². The Morgan fingerprint density at radius 3 is 2.94 bits per heavy atom. The smallest absolute Gasteiger partial charge is 0.275 e. The average Bonchev–Trinajstić information content (AvgIpc) is 2.82. The topological polar surface area (TPSA) is 97.3 Å². The van der Waals surface area contributed by atoms with Gasteiger partial charge in [0.1, 0.15) is 0 Å². The van der Waals surface area contributed by atoms with Crippen molar-refractivity contribution in [1.29, 1.82) is 0 Å². The second-order valence-corrected chi connectivity index (χ2v) is 4.17. The van der Waals surface area contributed by atoms with Gasteiger partial charge in [-0.2, -0.15) is 0 Å². The van der Waals surface area contributed by atoms with E-state index in [1.165, 1.54) is 0 Å². The molecule has 0 unspecified atom stereocenters. The van der Waals surface area contributed by atoms with Crippen molar-refractivity contribution in [1.82, 2.24) is 19.9 Å². The summed E-state index contributed by atoms with van der Waals surface area (Å²) >= 11 is 0. The van der Waals surface area contributed by atoms with E-state index in [0.29, 0.717) is 25.3 Å². The van der Waals surface area contributed by atoms with Crippen LogP contribution >= 0.6 is 0 Å². The van der Waals surface area contributed by atoms with Crippen molar-refractivity contribution in [2.45, 2.75) is 25.8 Å². The minimum Gasteiger partial charge on any atom is -0.396 e. The number of rotatable bonds is 8. The Labute approximate surface area is 107 Å². The summed E-state index contributed by atoms with van der Waals surface area (Å²) < 4.78 is 1.56. The van der Waals surface area contributed by atoms with Gasteiger partial charge in [-0.15, -0.1) is 5.10 Å². The lowest BCUT2D eigenvalue weighted by atomic mass is 10.2. The van der Waals surface area contributed by atoms with Crippen LogP contribution in [0.25, 0.3) is 0 Å². The largest absolute Gasteiger partial charge is 0.396 e. The van der Waals surface area contributed by atoms with Gasteiger partial charge in [-0.05, 0) is 19.3 Å². The molecule has 102 valence electrons. The molecule has 0 aliphatic carbocycles. The van der Waals surface area contributed by atoms with Crippen LogP contribution in [0.2, 0.25) is 0 Å². The first kappa shape index (κ1) is 14.6. The Hall–Kier alpha value is -1.47. The van der Waals surface area contributed by atoms with E-state index in [2.05, 4.69) is 10.3 Å². The summed E-state index contributed by atoms with van der Waals surface area (Å²) in [6, 6.07) is 0. The van der Waals surface area contributed by atoms with Crippen LogP contribution in [0.4, 0.5) is 0 Å². The third-order valence-electron chi connectivity index (χ3n) is 2.61. The van der Waals surface area contributed by atoms with E-state index in [0.717, 1.165) is 19.3 Å². The molecule has 0 atom stereocenters. The molecule has 0 saturated heterocycles. The number of nitrogens with two attached hydrogens (primary N) is 1. The number of aromatic nitrogens is 3. The number of aliphatic hydroxyl groups is 1. The number of carbonyl (C=O) groups is 1. The lowest BCUT2D eigenvalue weighted by Crippen LogP contribution is -2.28. The predicted octanol–water partition coefficient (Wildman–Crippen LogP) is -0.529. The van der Waals surface area contributed by atoms with E-state index < -0.39 is 0 Å². The number of hydrogen-bond acceptors (Lipinski definition) is 5. The Balaban J connectivity index is 2.41. The molecule has 7 nitrogen and oxygen atoms in total. The Morgan fingerprint density at radius 2 is 2.28 bits per heavy atom. The third-order valence-corrected chi connectivity index (χ3v) is 2.61. The van der Waals surface area contributed by atoms with E-state index in [4.69, 9.17) is 10.8 Å². The molecular formula is C11H21N5O2. The number of hydrogen-bond donors (Lipinski definition) is 2. The summed E-state index contributed by atoms with van der Waals surface area (Å²) in [6.45, 7) is 1.88. The first-order valence-electron chi connectivity index (χ1n) is 6.15. The van der Waals surface area contributed by atoms with Crippen molar-refractivity contribution in [3.63, 3.8) is 0 Å². The van der Waals surface area contributed by atoms with Crippen molar-refractivity contribution in [2.75, 3.05) is 26.7 Å². The lowest BCUT2D eigenvalue weighted by Gasteiger charge is -2.15. The molecule has 0 aliphatic rings. The molecule has 3 N–H and O–H groups in total. The molecule has 0 bridgehead atoms. The van der Waals surface area contributed by atoms with Crippen molar-refractivity contribution >= 4 is 5.91 Å². The van der Waals surface area contributed by atoms with Gasteiger partial charge in [-0.1, -0.05) is 5.21 Å². The van der Waals surface area contributed by atoms with Gasteiger partial charge in [-0.25, -0.2) is 0 Å². The molecular weight excluding hydrogens is 234 g/mol. The Kier molecular flexibility index (Phi) is 6.31. The van der Waals surface area contributed by atoms with Gasteiger partial charge in [0.15, 0.2) is 5.69 Å². The summed E-state index contributed by atoms with van der Waals surface area (Å²) in [5.41, 5.74) is 5.74. The van der Waals surface area contributed by atoms with Gasteiger partial charge in [-0.3, -0.25) is 9.48 Å². The summed E-state index contributed by atoms with van der Waals surface area (Å²) in [6.07, 6.45) is 4.17. The SMILES string of the molecule is CN(CCCCCO)C(=O)c1cn(CCN)nn1. The minimum absolute atomic E-state index is 0.137. The fraction of sp³-hybridized carbons (Fsp3) is 0.727. The minimum atomic E-state index is -0.137. The highest BCUT2D eigenvalue weighted by atomic mass is 16.2. The van der Waals surface area contributed by atoms with Crippen LogP contribution in [0, 0.1) is 0 Å². The van der Waals surface area contributed by atoms with Crippen LogP contribution < -0.4 is 5.73 Å². The normalized spacial score (nSPS) is 10.6. The zero-order chi connectivity index (χ0) is 13.4. The highest BCUT2D eigenvalue weighted by Crippen LogP contribution is 2.02. The van der Waals surface area contributed by atoms with E-state index >= 15 is 0 Å². The van der Waals surface area contributed by atoms with Crippen molar-refractivity contribution in [2.24, 2.45) is 5.73 Å². The van der Waals surface area contributed by atoms with Crippen LogP contribution in [0.5, 0.6) is 0 Å². The van der Waals surface area contributed by atoms with Crippen LogP contribution in [0.15, 0.2) is 6.20 Å². The number of unbranched alkanes of at least 4 members (excludes halogenated alkanes) is 2. The molecule has 0 aromatic carbocycles. The molecule has 0 spiro atoms. The highest BCUT2D eigenvalue weighted by molar-refractivity contribution is 5.91. The van der Waals surface area contributed by atoms with Crippen molar-refractivity contribution in [3.05, 3.63) is 11.9 Å². The zero-order valence-corrected chi connectivity index (χ0v) is 10.7. The fourth-order valence-electron chi connectivity index (χ4n) is 1.57. The number of carbonyl (C=O) groups excluding carboxylic acids is 1. The van der Waals surface area contributed by atoms with Gasteiger partial charge < -0.3 is 15.7 Å². The molecule has 0 saturated carbocycles. The molecule has 0 aliphatic heterocycles. The molecule has 7 heteroatoms. The molecule has 0 fully saturated rings. The Morgan fingerprint density at radius 1 is 1.50 bits per heavy atom. The molecule has 1 aromatic rings. The fourth-order valence-corrected chi connectivity index (χ4v) is 1.57. The summed E-state index contributed by atoms with van der Waals surface area (Å²) in [5.74, 6) is -0.137. The molecule has 1 aromatic heterocycles. The number of nitrogens with zero attached hydrogens (tertiary/aromatic N) is 4. The van der Waals surface area contributed by atoms with E-state index in [9.17, 15) is 4.79 Å². The van der Waals surface area contributed by atoms with E-state index in [1.807, 2.05) is 0 Å². The maximum Gasteiger partial charge on any atom is 0.275 e. The molecule has 18 heavy (non-hydrogen) atoms. The summed E-state index contributed by atoms with van der Waals surface area (Å²) in [4.78, 5) is 13.6. The van der Waals surface area contributed by atoms with E-state index in [-0.39, 0.29) is 12.5 Å².